The second-order valence-corrected chi connectivity index (χ2v) is 5.33. The van der Waals surface area contributed by atoms with Crippen LogP contribution < -0.4 is 11.1 Å². The van der Waals surface area contributed by atoms with Gasteiger partial charge in [-0.25, -0.2) is 4.98 Å². The number of aryl methyl sites for hydroxylation is 2. The van der Waals surface area contributed by atoms with Crippen LogP contribution in [0.1, 0.15) is 36.9 Å². The Morgan fingerprint density at radius 2 is 2.18 bits per heavy atom. The molecule has 2 aliphatic carbocycles. The summed E-state index contributed by atoms with van der Waals surface area (Å²) in [6.07, 6.45) is 7.41. The number of nitrogens with zero attached hydrogens (tertiary/aromatic N) is 1. The maximum atomic E-state index is 5.81. The molecule has 2 aliphatic rings. The van der Waals surface area contributed by atoms with Crippen LogP contribution in [0.2, 0.25) is 0 Å². The van der Waals surface area contributed by atoms with E-state index in [-0.39, 0.29) is 0 Å². The second-order valence-electron chi connectivity index (χ2n) is 5.33. The van der Waals surface area contributed by atoms with E-state index in [4.69, 9.17) is 10.7 Å². The third kappa shape index (κ3) is 2.16. The Hall–Kier alpha value is -1.09. The van der Waals surface area contributed by atoms with Gasteiger partial charge in [0.1, 0.15) is 5.82 Å². The molecule has 1 aromatic heterocycles. The van der Waals surface area contributed by atoms with E-state index in [0.29, 0.717) is 12.0 Å². The third-order valence-corrected chi connectivity index (χ3v) is 4.22. The molecule has 1 heterocycles. The van der Waals surface area contributed by atoms with Crippen LogP contribution in [0.4, 0.5) is 5.82 Å². The second kappa shape index (κ2) is 4.65. The minimum atomic E-state index is 0.534. The fraction of sp³-hybridized carbons (Fsp3) is 0.643. The molecule has 3 rings (SSSR count). The molecule has 0 aromatic carbocycles. The van der Waals surface area contributed by atoms with Crippen LogP contribution in [0, 0.1) is 5.92 Å². The van der Waals surface area contributed by atoms with Crippen molar-refractivity contribution in [2.75, 3.05) is 11.9 Å². The summed E-state index contributed by atoms with van der Waals surface area (Å²) in [4.78, 5) is 4.73. The normalized spacial score (nSPS) is 27.1. The Balaban J connectivity index is 1.72. The first kappa shape index (κ1) is 11.0. The van der Waals surface area contributed by atoms with Crippen LogP contribution in [-0.4, -0.2) is 17.6 Å². The van der Waals surface area contributed by atoms with Crippen LogP contribution in [0.15, 0.2) is 12.1 Å². The molecule has 0 radical (unpaired) electrons. The van der Waals surface area contributed by atoms with Crippen molar-refractivity contribution < 1.29 is 0 Å². The molecule has 1 aromatic rings. The summed E-state index contributed by atoms with van der Waals surface area (Å²) >= 11 is 0. The lowest BCUT2D eigenvalue weighted by atomic mass is 10.0. The number of fused-ring (bicyclic) bond motifs is 1. The van der Waals surface area contributed by atoms with E-state index in [1.807, 2.05) is 0 Å². The Bertz CT molecular complexity index is 402. The molecule has 0 saturated heterocycles. The number of anilines is 1. The topological polar surface area (TPSA) is 50.9 Å². The lowest BCUT2D eigenvalue weighted by Crippen LogP contribution is -2.29. The zero-order chi connectivity index (χ0) is 11.7. The van der Waals surface area contributed by atoms with Gasteiger partial charge in [-0.05, 0) is 56.2 Å². The van der Waals surface area contributed by atoms with Gasteiger partial charge in [0.15, 0.2) is 0 Å². The molecule has 92 valence electrons. The number of nitrogens with two attached hydrogens (primary N) is 1. The first-order valence-corrected chi connectivity index (χ1v) is 6.82. The summed E-state index contributed by atoms with van der Waals surface area (Å²) in [5.74, 6) is 1.68. The summed E-state index contributed by atoms with van der Waals surface area (Å²) in [7, 11) is 0. The van der Waals surface area contributed by atoms with E-state index in [0.717, 1.165) is 18.8 Å². The highest BCUT2D eigenvalue weighted by Gasteiger charge is 2.26. The number of nitrogens with one attached hydrogen (secondary N) is 1. The lowest BCUT2D eigenvalue weighted by Gasteiger charge is -2.20. The van der Waals surface area contributed by atoms with Crippen LogP contribution in [0.25, 0.3) is 0 Å². The zero-order valence-electron chi connectivity index (χ0n) is 10.3. The standard InChI is InChI=1S/C14H21N3/c15-9-11-4-2-6-13(11)17-14-8-7-10-3-1-5-12(10)16-14/h7-8,11,13H,1-6,9,15H2,(H,16,17). The number of hydrogen-bond acceptors (Lipinski definition) is 3. The fourth-order valence-corrected chi connectivity index (χ4v) is 3.20. The maximum Gasteiger partial charge on any atom is 0.126 e. The predicted octanol–water partition coefficient (Wildman–Crippen LogP) is 2.11. The van der Waals surface area contributed by atoms with Crippen molar-refractivity contribution >= 4 is 5.82 Å². The number of aromatic nitrogens is 1. The first-order chi connectivity index (χ1) is 8.36. The van der Waals surface area contributed by atoms with Gasteiger partial charge in [-0.15, -0.1) is 0 Å². The highest BCUT2D eigenvalue weighted by molar-refractivity contribution is 5.41. The van der Waals surface area contributed by atoms with Crippen LogP contribution in [0.3, 0.4) is 0 Å². The van der Waals surface area contributed by atoms with Crippen molar-refractivity contribution in [2.24, 2.45) is 11.7 Å². The van der Waals surface area contributed by atoms with Crippen molar-refractivity contribution in [3.63, 3.8) is 0 Å². The SMILES string of the molecule is NCC1CCCC1Nc1ccc2c(n1)CCC2. The van der Waals surface area contributed by atoms with Crippen LogP contribution in [0.5, 0.6) is 0 Å². The molecule has 0 aliphatic heterocycles. The number of pyridine rings is 1. The highest BCUT2D eigenvalue weighted by Crippen LogP contribution is 2.28. The van der Waals surface area contributed by atoms with E-state index < -0.39 is 0 Å². The summed E-state index contributed by atoms with van der Waals surface area (Å²) in [5.41, 5.74) is 8.55. The third-order valence-electron chi connectivity index (χ3n) is 4.22. The van der Waals surface area contributed by atoms with E-state index in [9.17, 15) is 0 Å². The van der Waals surface area contributed by atoms with Crippen LogP contribution >= 0.6 is 0 Å². The minimum absolute atomic E-state index is 0.534. The average molecular weight is 231 g/mol. The van der Waals surface area contributed by atoms with Gasteiger partial charge in [-0.2, -0.15) is 0 Å². The van der Waals surface area contributed by atoms with Gasteiger partial charge >= 0.3 is 0 Å². The Morgan fingerprint density at radius 3 is 3.06 bits per heavy atom. The van der Waals surface area contributed by atoms with Gasteiger partial charge in [0.05, 0.1) is 0 Å². The largest absolute Gasteiger partial charge is 0.367 e. The van der Waals surface area contributed by atoms with Crippen molar-refractivity contribution in [2.45, 2.75) is 44.6 Å². The summed E-state index contributed by atoms with van der Waals surface area (Å²) in [6, 6.07) is 4.91. The Morgan fingerprint density at radius 1 is 1.24 bits per heavy atom. The molecule has 2 unspecified atom stereocenters. The molecule has 3 heteroatoms. The van der Waals surface area contributed by atoms with Gasteiger partial charge < -0.3 is 11.1 Å². The highest BCUT2D eigenvalue weighted by atomic mass is 15.0. The molecule has 3 nitrogen and oxygen atoms in total. The van der Waals surface area contributed by atoms with Gasteiger partial charge in [-0.3, -0.25) is 0 Å². The van der Waals surface area contributed by atoms with Crippen molar-refractivity contribution in [3.05, 3.63) is 23.4 Å². The van der Waals surface area contributed by atoms with Gasteiger partial charge in [0, 0.05) is 11.7 Å². The molecule has 0 bridgehead atoms. The summed E-state index contributed by atoms with van der Waals surface area (Å²) < 4.78 is 0. The summed E-state index contributed by atoms with van der Waals surface area (Å²) in [5, 5.41) is 3.58. The monoisotopic (exact) mass is 231 g/mol. The molecular weight excluding hydrogens is 210 g/mol. The number of hydrogen-bond donors (Lipinski definition) is 2. The molecule has 1 fully saturated rings. The van der Waals surface area contributed by atoms with Crippen LogP contribution in [-0.2, 0) is 12.8 Å². The molecule has 0 spiro atoms. The molecular formula is C14H21N3. The van der Waals surface area contributed by atoms with E-state index in [1.54, 1.807) is 0 Å². The molecule has 3 N–H and O–H groups in total. The molecule has 1 saturated carbocycles. The fourth-order valence-electron chi connectivity index (χ4n) is 3.20. The zero-order valence-corrected chi connectivity index (χ0v) is 10.3. The predicted molar refractivity (Wildman–Crippen MR) is 70.1 cm³/mol. The van der Waals surface area contributed by atoms with E-state index >= 15 is 0 Å². The number of rotatable bonds is 3. The molecule has 2 atom stereocenters. The van der Waals surface area contributed by atoms with E-state index in [2.05, 4.69) is 17.4 Å². The first-order valence-electron chi connectivity index (χ1n) is 6.82. The van der Waals surface area contributed by atoms with Gasteiger partial charge in [0.25, 0.3) is 0 Å². The lowest BCUT2D eigenvalue weighted by molar-refractivity contribution is 0.515. The quantitative estimate of drug-likeness (QED) is 0.837. The van der Waals surface area contributed by atoms with Crippen molar-refractivity contribution in [3.8, 4) is 0 Å². The molecule has 0 amide bonds. The van der Waals surface area contributed by atoms with Crippen molar-refractivity contribution in [1.29, 1.82) is 0 Å². The maximum absolute atomic E-state index is 5.81. The summed E-state index contributed by atoms with van der Waals surface area (Å²) in [6.45, 7) is 0.794. The van der Waals surface area contributed by atoms with E-state index in [1.165, 1.54) is 43.4 Å². The minimum Gasteiger partial charge on any atom is -0.367 e. The average Bonchev–Trinajstić information content (AvgIpc) is 2.96. The van der Waals surface area contributed by atoms with Gasteiger partial charge in [0.2, 0.25) is 0 Å². The smallest absolute Gasteiger partial charge is 0.126 e. The van der Waals surface area contributed by atoms with Crippen molar-refractivity contribution in [1.82, 2.24) is 4.98 Å². The molecule has 17 heavy (non-hydrogen) atoms. The van der Waals surface area contributed by atoms with Gasteiger partial charge in [-0.1, -0.05) is 12.5 Å². The Labute approximate surface area is 103 Å². The Kier molecular flexibility index (Phi) is 3.02.